The van der Waals surface area contributed by atoms with Crippen LogP contribution in [0.25, 0.3) is 0 Å². The second-order valence-electron chi connectivity index (χ2n) is 6.86. The second kappa shape index (κ2) is 11.0. The zero-order chi connectivity index (χ0) is 23.8. The zero-order valence-corrected chi connectivity index (χ0v) is 19.2. The van der Waals surface area contributed by atoms with Gasteiger partial charge in [-0.2, -0.15) is 9.41 Å². The number of amides is 1. The van der Waals surface area contributed by atoms with Gasteiger partial charge in [0.05, 0.1) is 29.8 Å². The fraction of sp³-hybridized carbons (Fsp3) is 0.130. The predicted molar refractivity (Wildman–Crippen MR) is 124 cm³/mol. The van der Waals surface area contributed by atoms with E-state index in [4.69, 9.17) is 16.3 Å². The number of nitrogens with one attached hydrogen (secondary N) is 1. The standard InChI is InChI=1S/C23H21ClFN3O4S/c1-32-18-10-12-19(13-11-18)33(30,31)28(15-17-6-3-2-4-7-17)16-23(29)27-26-14-20-21(24)8-5-9-22(20)25/h2-14H,15-16H2,1H3,(H,27,29)/b26-14-. The Morgan fingerprint density at radius 3 is 2.42 bits per heavy atom. The van der Waals surface area contributed by atoms with Crippen molar-refractivity contribution in [2.75, 3.05) is 13.7 Å². The van der Waals surface area contributed by atoms with Crippen LogP contribution in [0.2, 0.25) is 5.02 Å². The number of methoxy groups -OCH3 is 1. The lowest BCUT2D eigenvalue weighted by molar-refractivity contribution is -0.121. The molecule has 33 heavy (non-hydrogen) atoms. The van der Waals surface area contributed by atoms with Crippen molar-refractivity contribution in [1.29, 1.82) is 0 Å². The van der Waals surface area contributed by atoms with E-state index in [2.05, 4.69) is 10.5 Å². The van der Waals surface area contributed by atoms with Gasteiger partial charge in [-0.3, -0.25) is 4.79 Å². The van der Waals surface area contributed by atoms with Crippen LogP contribution in [0, 0.1) is 5.82 Å². The van der Waals surface area contributed by atoms with Gasteiger partial charge in [0.25, 0.3) is 5.91 Å². The number of carbonyl (C=O) groups excluding carboxylic acids is 1. The summed E-state index contributed by atoms with van der Waals surface area (Å²) in [6, 6.07) is 18.9. The highest BCUT2D eigenvalue weighted by Crippen LogP contribution is 2.21. The van der Waals surface area contributed by atoms with Crippen molar-refractivity contribution in [3.63, 3.8) is 0 Å². The molecule has 0 atom stereocenters. The van der Waals surface area contributed by atoms with Crippen LogP contribution in [0.1, 0.15) is 11.1 Å². The van der Waals surface area contributed by atoms with E-state index in [9.17, 15) is 17.6 Å². The van der Waals surface area contributed by atoms with Crippen molar-refractivity contribution in [1.82, 2.24) is 9.73 Å². The van der Waals surface area contributed by atoms with Crippen LogP contribution in [-0.2, 0) is 21.4 Å². The van der Waals surface area contributed by atoms with Crippen molar-refractivity contribution >= 4 is 33.7 Å². The Morgan fingerprint density at radius 1 is 1.09 bits per heavy atom. The molecule has 7 nitrogen and oxygen atoms in total. The Labute approximate surface area is 196 Å². The highest BCUT2D eigenvalue weighted by molar-refractivity contribution is 7.89. The molecule has 0 bridgehead atoms. The van der Waals surface area contributed by atoms with Gasteiger partial charge in [0, 0.05) is 12.1 Å². The van der Waals surface area contributed by atoms with Crippen molar-refractivity contribution < 1.29 is 22.3 Å². The predicted octanol–water partition coefficient (Wildman–Crippen LogP) is 3.83. The molecule has 0 spiro atoms. The molecule has 0 aliphatic heterocycles. The molecule has 3 aromatic carbocycles. The van der Waals surface area contributed by atoms with Gasteiger partial charge >= 0.3 is 0 Å². The topological polar surface area (TPSA) is 88.1 Å². The van der Waals surface area contributed by atoms with Crippen LogP contribution in [0.5, 0.6) is 5.75 Å². The van der Waals surface area contributed by atoms with Gasteiger partial charge in [0.1, 0.15) is 11.6 Å². The Kier molecular flexibility index (Phi) is 8.16. The lowest BCUT2D eigenvalue weighted by Gasteiger charge is -2.21. The summed E-state index contributed by atoms with van der Waals surface area (Å²) >= 11 is 5.93. The summed E-state index contributed by atoms with van der Waals surface area (Å²) in [6.07, 6.45) is 1.06. The fourth-order valence-corrected chi connectivity index (χ4v) is 4.50. The Balaban J connectivity index is 1.80. The third-order valence-electron chi connectivity index (χ3n) is 4.60. The molecular formula is C23H21ClFN3O4S. The highest BCUT2D eigenvalue weighted by atomic mass is 35.5. The minimum Gasteiger partial charge on any atom is -0.497 e. The summed E-state index contributed by atoms with van der Waals surface area (Å²) in [4.78, 5) is 12.5. The van der Waals surface area contributed by atoms with Gasteiger partial charge in [0.2, 0.25) is 10.0 Å². The summed E-state index contributed by atoms with van der Waals surface area (Å²) < 4.78 is 46.5. The van der Waals surface area contributed by atoms with Crippen LogP contribution in [-0.4, -0.2) is 38.5 Å². The maximum absolute atomic E-state index is 13.8. The molecule has 3 aromatic rings. The number of sulfonamides is 1. The number of hydrazone groups is 1. The van der Waals surface area contributed by atoms with Crippen LogP contribution < -0.4 is 10.2 Å². The molecule has 0 heterocycles. The Morgan fingerprint density at radius 2 is 1.79 bits per heavy atom. The quantitative estimate of drug-likeness (QED) is 0.365. The lowest BCUT2D eigenvalue weighted by atomic mass is 10.2. The number of benzene rings is 3. The van der Waals surface area contributed by atoms with Gasteiger partial charge in [-0.25, -0.2) is 18.2 Å². The maximum atomic E-state index is 13.8. The minimum atomic E-state index is -4.03. The molecule has 0 aliphatic carbocycles. The van der Waals surface area contributed by atoms with Gasteiger partial charge in [-0.15, -0.1) is 0 Å². The van der Waals surface area contributed by atoms with Crippen molar-refractivity contribution in [3.05, 3.63) is 94.8 Å². The normalized spacial score (nSPS) is 11.6. The van der Waals surface area contributed by atoms with Gasteiger partial charge < -0.3 is 4.74 Å². The number of nitrogens with zero attached hydrogens (tertiary/aromatic N) is 2. The van der Waals surface area contributed by atoms with Crippen LogP contribution in [0.4, 0.5) is 4.39 Å². The van der Waals surface area contributed by atoms with E-state index in [0.717, 1.165) is 10.5 Å². The van der Waals surface area contributed by atoms with Crippen molar-refractivity contribution in [3.8, 4) is 5.75 Å². The van der Waals surface area contributed by atoms with Crippen LogP contribution in [0.3, 0.4) is 0 Å². The molecule has 10 heteroatoms. The Hall–Kier alpha value is -3.27. The molecule has 0 fully saturated rings. The molecule has 1 N–H and O–H groups in total. The largest absolute Gasteiger partial charge is 0.497 e. The zero-order valence-electron chi connectivity index (χ0n) is 17.6. The molecule has 0 saturated carbocycles. The van der Waals surface area contributed by atoms with Gasteiger partial charge in [-0.05, 0) is 42.0 Å². The lowest BCUT2D eigenvalue weighted by Crippen LogP contribution is -2.39. The number of hydrogen-bond acceptors (Lipinski definition) is 5. The van der Waals surface area contributed by atoms with E-state index in [0.29, 0.717) is 11.3 Å². The molecule has 3 rings (SSSR count). The summed E-state index contributed by atoms with van der Waals surface area (Å²) in [5, 5.41) is 3.84. The minimum absolute atomic E-state index is 0.00598. The average molecular weight is 490 g/mol. The SMILES string of the molecule is COc1ccc(S(=O)(=O)N(CC(=O)N/N=C\c2c(F)cccc2Cl)Cc2ccccc2)cc1. The summed E-state index contributed by atoms with van der Waals surface area (Å²) in [5.41, 5.74) is 2.93. The van der Waals surface area contributed by atoms with E-state index >= 15 is 0 Å². The van der Waals surface area contributed by atoms with E-state index in [1.165, 1.54) is 49.6 Å². The third kappa shape index (κ3) is 6.38. The highest BCUT2D eigenvalue weighted by Gasteiger charge is 2.27. The van der Waals surface area contributed by atoms with Crippen molar-refractivity contribution in [2.45, 2.75) is 11.4 Å². The van der Waals surface area contributed by atoms with E-state index in [1.54, 1.807) is 30.3 Å². The molecule has 0 saturated heterocycles. The summed E-state index contributed by atoms with van der Waals surface area (Å²) in [5.74, 6) is -0.803. The summed E-state index contributed by atoms with van der Waals surface area (Å²) in [7, 11) is -2.55. The van der Waals surface area contributed by atoms with Crippen LogP contribution in [0.15, 0.2) is 82.8 Å². The van der Waals surface area contributed by atoms with Crippen molar-refractivity contribution in [2.24, 2.45) is 5.10 Å². The van der Waals surface area contributed by atoms with Gasteiger partial charge in [-0.1, -0.05) is 48.0 Å². The second-order valence-corrected chi connectivity index (χ2v) is 9.21. The van der Waals surface area contributed by atoms with E-state index < -0.39 is 28.3 Å². The average Bonchev–Trinajstić information content (AvgIpc) is 2.81. The maximum Gasteiger partial charge on any atom is 0.255 e. The first-order chi connectivity index (χ1) is 15.8. The smallest absolute Gasteiger partial charge is 0.255 e. The number of ether oxygens (including phenoxy) is 1. The fourth-order valence-electron chi connectivity index (χ4n) is 2.91. The van der Waals surface area contributed by atoms with E-state index in [1.807, 2.05) is 0 Å². The Bertz CT molecular complexity index is 1220. The third-order valence-corrected chi connectivity index (χ3v) is 6.74. The molecular weight excluding hydrogens is 469 g/mol. The molecule has 0 unspecified atom stereocenters. The first kappa shape index (κ1) is 24.4. The molecule has 1 amide bonds. The number of rotatable bonds is 9. The molecule has 0 aliphatic rings. The molecule has 0 radical (unpaired) electrons. The molecule has 0 aromatic heterocycles. The first-order valence-corrected chi connectivity index (χ1v) is 11.6. The van der Waals surface area contributed by atoms with E-state index in [-0.39, 0.29) is 22.0 Å². The van der Waals surface area contributed by atoms with Crippen LogP contribution >= 0.6 is 11.6 Å². The molecule has 172 valence electrons. The number of carbonyl (C=O) groups is 1. The number of halogens is 2. The first-order valence-electron chi connectivity index (χ1n) is 9.75. The summed E-state index contributed by atoms with van der Waals surface area (Å²) in [6.45, 7) is -0.545. The monoisotopic (exact) mass is 489 g/mol. The van der Waals surface area contributed by atoms with Gasteiger partial charge in [0.15, 0.2) is 0 Å². The number of hydrogen-bond donors (Lipinski definition) is 1.